The Balaban J connectivity index is 1.60. The average molecular weight is 614 g/mol. The number of nitrogens with one attached hydrogen (secondary N) is 3. The highest BCUT2D eigenvalue weighted by Crippen LogP contribution is 2.33. The summed E-state index contributed by atoms with van der Waals surface area (Å²) in [4.78, 5) is 36.7. The van der Waals surface area contributed by atoms with Gasteiger partial charge in [0.05, 0.1) is 16.9 Å². The molecule has 3 aromatic rings. The lowest BCUT2D eigenvalue weighted by Gasteiger charge is -2.13. The molecule has 0 fully saturated rings. The van der Waals surface area contributed by atoms with E-state index in [1.54, 1.807) is 18.2 Å². The van der Waals surface area contributed by atoms with Gasteiger partial charge in [0.1, 0.15) is 0 Å². The van der Waals surface area contributed by atoms with Crippen LogP contribution in [0.25, 0.3) is 0 Å². The van der Waals surface area contributed by atoms with E-state index in [1.807, 2.05) is 57.2 Å². The number of anilines is 2. The fourth-order valence-electron chi connectivity index (χ4n) is 3.41. The topological polar surface area (TPSA) is 118 Å². The number of hydrazone groups is 1. The van der Waals surface area contributed by atoms with Crippen molar-refractivity contribution in [2.75, 3.05) is 24.4 Å². The number of rotatable bonds is 8. The van der Waals surface area contributed by atoms with Crippen LogP contribution in [0.2, 0.25) is 0 Å². The molecule has 0 bridgehead atoms. The molecule has 3 amide bonds. The first-order valence-corrected chi connectivity index (χ1v) is 12.3. The fraction of sp³-hybridized carbons (Fsp3) is 0.185. The summed E-state index contributed by atoms with van der Waals surface area (Å²) in [7, 11) is 1.48. The van der Waals surface area contributed by atoms with Crippen LogP contribution in [-0.2, 0) is 14.4 Å². The molecule has 0 saturated heterocycles. The number of nitrogens with zero attached hydrogens (tertiary/aromatic N) is 1. The summed E-state index contributed by atoms with van der Waals surface area (Å²) >= 11 is 2.05. The number of hydrogen-bond acceptors (Lipinski definition) is 6. The van der Waals surface area contributed by atoms with Gasteiger partial charge in [-0.1, -0.05) is 30.3 Å². The molecule has 9 nitrogen and oxygen atoms in total. The van der Waals surface area contributed by atoms with Crippen LogP contribution in [0.3, 0.4) is 0 Å². The van der Waals surface area contributed by atoms with Gasteiger partial charge >= 0.3 is 11.8 Å². The Hall–Kier alpha value is -3.93. The van der Waals surface area contributed by atoms with Crippen molar-refractivity contribution in [3.8, 4) is 11.5 Å². The van der Waals surface area contributed by atoms with Crippen LogP contribution < -0.4 is 25.5 Å². The van der Waals surface area contributed by atoms with Crippen LogP contribution in [-0.4, -0.2) is 37.7 Å². The molecule has 37 heavy (non-hydrogen) atoms. The average Bonchev–Trinajstić information content (AvgIpc) is 2.85. The van der Waals surface area contributed by atoms with E-state index < -0.39 is 11.8 Å². The van der Waals surface area contributed by atoms with Crippen molar-refractivity contribution in [2.24, 2.45) is 5.10 Å². The number of benzene rings is 3. The van der Waals surface area contributed by atoms with Gasteiger partial charge < -0.3 is 20.1 Å². The SMILES string of the molecule is COc1cc(/C=N\NC(=O)C(=O)Nc2c(C)cccc2C)cc(I)c1OCC(=O)Nc1cccc(C)c1. The lowest BCUT2D eigenvalue weighted by Crippen LogP contribution is -2.32. The highest BCUT2D eigenvalue weighted by molar-refractivity contribution is 14.1. The van der Waals surface area contributed by atoms with Gasteiger partial charge in [-0.05, 0) is 89.9 Å². The number of amides is 3. The van der Waals surface area contributed by atoms with Gasteiger partial charge in [0.15, 0.2) is 18.1 Å². The van der Waals surface area contributed by atoms with Crippen LogP contribution in [0, 0.1) is 24.3 Å². The van der Waals surface area contributed by atoms with Crippen molar-refractivity contribution >= 4 is 57.9 Å². The van der Waals surface area contributed by atoms with Gasteiger partial charge in [-0.15, -0.1) is 0 Å². The molecule has 3 rings (SSSR count). The van der Waals surface area contributed by atoms with E-state index in [1.165, 1.54) is 13.3 Å². The molecule has 0 aromatic heterocycles. The van der Waals surface area contributed by atoms with Crippen molar-refractivity contribution in [3.63, 3.8) is 0 Å². The molecule has 0 aliphatic carbocycles. The third-order valence-corrected chi connectivity index (χ3v) is 6.01. The van der Waals surface area contributed by atoms with Crippen LogP contribution in [0.15, 0.2) is 59.7 Å². The summed E-state index contributed by atoms with van der Waals surface area (Å²) < 4.78 is 11.8. The number of ether oxygens (including phenoxy) is 2. The largest absolute Gasteiger partial charge is 0.493 e. The lowest BCUT2D eigenvalue weighted by molar-refractivity contribution is -0.136. The summed E-state index contributed by atoms with van der Waals surface area (Å²) in [6.45, 7) is 5.42. The van der Waals surface area contributed by atoms with Gasteiger partial charge in [0.2, 0.25) is 0 Å². The Bertz CT molecular complexity index is 1340. The zero-order chi connectivity index (χ0) is 26.9. The number of aryl methyl sites for hydroxylation is 3. The Morgan fingerprint density at radius 2 is 1.65 bits per heavy atom. The molecule has 0 aliphatic heterocycles. The van der Waals surface area contributed by atoms with E-state index >= 15 is 0 Å². The van der Waals surface area contributed by atoms with Crippen molar-refractivity contribution < 1.29 is 23.9 Å². The Morgan fingerprint density at radius 1 is 0.946 bits per heavy atom. The van der Waals surface area contributed by atoms with Crippen molar-refractivity contribution in [2.45, 2.75) is 20.8 Å². The van der Waals surface area contributed by atoms with E-state index in [0.717, 1.165) is 16.7 Å². The number of hydrogen-bond donors (Lipinski definition) is 3. The van der Waals surface area contributed by atoms with Gasteiger partial charge in [-0.3, -0.25) is 14.4 Å². The fourth-order valence-corrected chi connectivity index (χ4v) is 4.19. The van der Waals surface area contributed by atoms with Crippen LogP contribution in [0.5, 0.6) is 11.5 Å². The minimum atomic E-state index is -0.903. The monoisotopic (exact) mass is 614 g/mol. The van der Waals surface area contributed by atoms with Crippen LogP contribution >= 0.6 is 22.6 Å². The molecule has 0 unspecified atom stereocenters. The van der Waals surface area contributed by atoms with Gasteiger partial charge in [-0.2, -0.15) is 5.10 Å². The van der Waals surface area contributed by atoms with E-state index in [2.05, 4.69) is 43.8 Å². The summed E-state index contributed by atoms with van der Waals surface area (Å²) in [6, 6.07) is 16.4. The van der Waals surface area contributed by atoms with E-state index in [-0.39, 0.29) is 12.5 Å². The highest BCUT2D eigenvalue weighted by Gasteiger charge is 2.16. The molecule has 192 valence electrons. The number of methoxy groups -OCH3 is 1. The summed E-state index contributed by atoms with van der Waals surface area (Å²) in [5.74, 6) is -1.25. The summed E-state index contributed by atoms with van der Waals surface area (Å²) in [6.07, 6.45) is 1.38. The molecular weight excluding hydrogens is 587 g/mol. The molecule has 0 atom stereocenters. The van der Waals surface area contributed by atoms with E-state index in [0.29, 0.717) is 32.0 Å². The maximum Gasteiger partial charge on any atom is 0.329 e. The minimum Gasteiger partial charge on any atom is -0.493 e. The van der Waals surface area contributed by atoms with Gasteiger partial charge in [-0.25, -0.2) is 5.43 Å². The Labute approximate surface area is 228 Å². The van der Waals surface area contributed by atoms with Gasteiger partial charge in [0, 0.05) is 11.4 Å². The molecule has 3 aromatic carbocycles. The second-order valence-electron chi connectivity index (χ2n) is 8.16. The molecule has 3 N–H and O–H groups in total. The van der Waals surface area contributed by atoms with Crippen molar-refractivity contribution in [1.29, 1.82) is 0 Å². The first-order chi connectivity index (χ1) is 17.7. The minimum absolute atomic E-state index is 0.209. The smallest absolute Gasteiger partial charge is 0.329 e. The predicted octanol–water partition coefficient (Wildman–Crippen LogP) is 4.33. The predicted molar refractivity (Wildman–Crippen MR) is 151 cm³/mol. The van der Waals surface area contributed by atoms with E-state index in [4.69, 9.17) is 9.47 Å². The molecule has 0 spiro atoms. The molecule has 0 radical (unpaired) electrons. The molecular formula is C27H27IN4O5. The van der Waals surface area contributed by atoms with E-state index in [9.17, 15) is 14.4 Å². The maximum absolute atomic E-state index is 12.3. The zero-order valence-corrected chi connectivity index (χ0v) is 23.0. The summed E-state index contributed by atoms with van der Waals surface area (Å²) in [5, 5.41) is 9.27. The molecule has 10 heteroatoms. The standard InChI is InChI=1S/C27H27IN4O5/c1-16-7-5-10-20(11-16)30-23(33)15-37-25-21(28)12-19(13-22(25)36-4)14-29-32-27(35)26(34)31-24-17(2)8-6-9-18(24)3/h5-14H,15H2,1-4H3,(H,30,33)(H,31,34)(H,32,35)/b29-14-. The number of carbonyl (C=O) groups excluding carboxylic acids is 3. The maximum atomic E-state index is 12.3. The zero-order valence-electron chi connectivity index (χ0n) is 20.8. The third-order valence-electron chi connectivity index (χ3n) is 5.21. The second kappa shape index (κ2) is 12.9. The summed E-state index contributed by atoms with van der Waals surface area (Å²) in [5.41, 5.74) is 6.82. The first-order valence-electron chi connectivity index (χ1n) is 11.3. The number of para-hydroxylation sites is 1. The normalized spacial score (nSPS) is 10.6. The van der Waals surface area contributed by atoms with Crippen molar-refractivity contribution in [1.82, 2.24) is 5.43 Å². The third kappa shape index (κ3) is 7.78. The molecule has 0 aliphatic rings. The number of carbonyl (C=O) groups is 3. The van der Waals surface area contributed by atoms with Crippen LogP contribution in [0.1, 0.15) is 22.3 Å². The molecule has 0 saturated carbocycles. The van der Waals surface area contributed by atoms with Gasteiger partial charge in [0.25, 0.3) is 5.91 Å². The quantitative estimate of drug-likeness (QED) is 0.151. The molecule has 0 heterocycles. The first kappa shape index (κ1) is 27.7. The Kier molecular flexibility index (Phi) is 9.61. The lowest BCUT2D eigenvalue weighted by atomic mass is 10.1. The Morgan fingerprint density at radius 3 is 2.32 bits per heavy atom. The van der Waals surface area contributed by atoms with Crippen molar-refractivity contribution in [3.05, 3.63) is 80.4 Å². The highest BCUT2D eigenvalue weighted by atomic mass is 127. The number of halogens is 1. The van der Waals surface area contributed by atoms with Crippen LogP contribution in [0.4, 0.5) is 11.4 Å². The second-order valence-corrected chi connectivity index (χ2v) is 9.32.